The standard InChI is InChI=1S/C24H39N3O2/c1-15-8-9-23(2)16(12-15)4-5-17-18-6-7-19(21(29)14-27(26)11-10-25)24(18,3)13-20(28)22(17)23/h10-11,15-19,22H,4-9,12-14,25-26H2,1-3H3/b11-10-. The van der Waals surface area contributed by atoms with E-state index in [0.29, 0.717) is 30.0 Å². The summed E-state index contributed by atoms with van der Waals surface area (Å²) in [5.74, 6) is 9.09. The summed E-state index contributed by atoms with van der Waals surface area (Å²) in [5, 5.41) is 1.36. The smallest absolute Gasteiger partial charge is 0.157 e. The van der Waals surface area contributed by atoms with Gasteiger partial charge in [0.05, 0.1) is 6.54 Å². The molecule has 4 N–H and O–H groups in total. The van der Waals surface area contributed by atoms with Crippen molar-refractivity contribution in [2.75, 3.05) is 6.54 Å². The molecule has 4 fully saturated rings. The molecule has 5 heteroatoms. The van der Waals surface area contributed by atoms with Gasteiger partial charge in [-0.3, -0.25) is 9.59 Å². The molecule has 0 spiro atoms. The first kappa shape index (κ1) is 20.9. The SMILES string of the molecule is CC1CCC2(C)C(CCC3C4CCC(C(=O)CN(N)/C=C\N)C4(C)CC(=O)C32)C1. The zero-order chi connectivity index (χ0) is 21.0. The molecule has 4 aliphatic carbocycles. The molecule has 0 aromatic rings. The second-order valence-electron chi connectivity index (χ2n) is 11.2. The molecule has 8 atom stereocenters. The molecule has 0 aromatic heterocycles. The fourth-order valence-corrected chi connectivity index (χ4v) is 8.27. The number of rotatable bonds is 4. The van der Waals surface area contributed by atoms with Gasteiger partial charge in [-0.2, -0.15) is 0 Å². The summed E-state index contributed by atoms with van der Waals surface area (Å²) in [4.78, 5) is 26.7. The van der Waals surface area contributed by atoms with E-state index in [1.54, 1.807) is 0 Å². The molecule has 162 valence electrons. The van der Waals surface area contributed by atoms with Gasteiger partial charge in [0.25, 0.3) is 0 Å². The van der Waals surface area contributed by atoms with E-state index in [1.165, 1.54) is 49.5 Å². The molecule has 29 heavy (non-hydrogen) atoms. The fourth-order valence-electron chi connectivity index (χ4n) is 8.27. The molecule has 0 amide bonds. The fraction of sp³-hybridized carbons (Fsp3) is 0.833. The van der Waals surface area contributed by atoms with Gasteiger partial charge >= 0.3 is 0 Å². The number of hydrogen-bond donors (Lipinski definition) is 2. The summed E-state index contributed by atoms with van der Waals surface area (Å²) in [6, 6.07) is 0. The third-order valence-corrected chi connectivity index (χ3v) is 9.62. The number of carbonyl (C=O) groups excluding carboxylic acids is 2. The minimum atomic E-state index is -0.201. The molecule has 0 radical (unpaired) electrons. The lowest BCUT2D eigenvalue weighted by Gasteiger charge is -2.60. The zero-order valence-electron chi connectivity index (χ0n) is 18.4. The summed E-state index contributed by atoms with van der Waals surface area (Å²) in [7, 11) is 0. The minimum Gasteiger partial charge on any atom is -0.403 e. The van der Waals surface area contributed by atoms with Gasteiger partial charge < -0.3 is 10.7 Å². The number of carbonyl (C=O) groups is 2. The van der Waals surface area contributed by atoms with Crippen molar-refractivity contribution < 1.29 is 9.59 Å². The van der Waals surface area contributed by atoms with Gasteiger partial charge in [-0.15, -0.1) is 0 Å². The molecule has 0 heterocycles. The molecule has 0 aromatic carbocycles. The average molecular weight is 402 g/mol. The van der Waals surface area contributed by atoms with Crippen molar-refractivity contribution in [2.24, 2.45) is 57.9 Å². The number of fused-ring (bicyclic) bond motifs is 5. The number of nitrogens with two attached hydrogens (primary N) is 2. The van der Waals surface area contributed by atoms with Crippen LogP contribution in [0.4, 0.5) is 0 Å². The second-order valence-corrected chi connectivity index (χ2v) is 11.2. The Balaban J connectivity index is 1.57. The molecular formula is C24H39N3O2. The van der Waals surface area contributed by atoms with Crippen LogP contribution in [0.15, 0.2) is 12.4 Å². The van der Waals surface area contributed by atoms with Crippen LogP contribution in [0, 0.1) is 46.3 Å². The zero-order valence-corrected chi connectivity index (χ0v) is 18.4. The Hall–Kier alpha value is -1.36. The topological polar surface area (TPSA) is 89.4 Å². The third kappa shape index (κ3) is 3.24. The van der Waals surface area contributed by atoms with Crippen LogP contribution in [0.25, 0.3) is 0 Å². The summed E-state index contributed by atoms with van der Waals surface area (Å²) >= 11 is 0. The summed E-state index contributed by atoms with van der Waals surface area (Å²) < 4.78 is 0. The summed E-state index contributed by atoms with van der Waals surface area (Å²) in [6.45, 7) is 7.18. The number of hydrogen-bond acceptors (Lipinski definition) is 5. The van der Waals surface area contributed by atoms with Crippen LogP contribution < -0.4 is 11.6 Å². The normalized spacial score (nSPS) is 46.8. The van der Waals surface area contributed by atoms with Crippen LogP contribution in [0.1, 0.15) is 72.1 Å². The van der Waals surface area contributed by atoms with Gasteiger partial charge in [0.1, 0.15) is 5.78 Å². The maximum absolute atomic E-state index is 13.6. The van der Waals surface area contributed by atoms with E-state index in [9.17, 15) is 9.59 Å². The van der Waals surface area contributed by atoms with Crippen molar-refractivity contribution in [2.45, 2.75) is 72.1 Å². The van der Waals surface area contributed by atoms with Gasteiger partial charge in [-0.1, -0.05) is 27.2 Å². The van der Waals surface area contributed by atoms with E-state index < -0.39 is 0 Å². The predicted molar refractivity (Wildman–Crippen MR) is 114 cm³/mol. The molecule has 0 aliphatic heterocycles. The highest BCUT2D eigenvalue weighted by atomic mass is 16.1. The van der Waals surface area contributed by atoms with Crippen LogP contribution in [0.2, 0.25) is 0 Å². The first-order chi connectivity index (χ1) is 13.7. The maximum Gasteiger partial charge on any atom is 0.157 e. The van der Waals surface area contributed by atoms with E-state index in [4.69, 9.17) is 11.6 Å². The summed E-state index contributed by atoms with van der Waals surface area (Å²) in [5.41, 5.74) is 5.37. The van der Waals surface area contributed by atoms with Crippen molar-refractivity contribution in [3.05, 3.63) is 12.4 Å². The van der Waals surface area contributed by atoms with Gasteiger partial charge in [-0.25, -0.2) is 5.84 Å². The van der Waals surface area contributed by atoms with Crippen molar-refractivity contribution in [1.82, 2.24) is 5.01 Å². The number of hydrazine groups is 1. The lowest BCUT2D eigenvalue weighted by atomic mass is 9.44. The second kappa shape index (κ2) is 7.40. The number of nitrogens with zero attached hydrogens (tertiary/aromatic N) is 1. The molecule has 0 bridgehead atoms. The first-order valence-corrected chi connectivity index (χ1v) is 11.7. The van der Waals surface area contributed by atoms with E-state index in [2.05, 4.69) is 20.8 Å². The Bertz CT molecular complexity index is 706. The van der Waals surface area contributed by atoms with Crippen LogP contribution in [0.3, 0.4) is 0 Å². The molecule has 5 nitrogen and oxygen atoms in total. The number of ketones is 2. The van der Waals surface area contributed by atoms with Crippen molar-refractivity contribution in [3.8, 4) is 0 Å². The van der Waals surface area contributed by atoms with Crippen molar-refractivity contribution in [3.63, 3.8) is 0 Å². The minimum absolute atomic E-state index is 0.0634. The Morgan fingerprint density at radius 2 is 1.93 bits per heavy atom. The molecule has 4 saturated carbocycles. The lowest BCUT2D eigenvalue weighted by Crippen LogP contribution is -2.57. The largest absolute Gasteiger partial charge is 0.403 e. The Kier molecular flexibility index (Phi) is 5.33. The van der Waals surface area contributed by atoms with Crippen LogP contribution in [0.5, 0.6) is 0 Å². The van der Waals surface area contributed by atoms with Crippen molar-refractivity contribution >= 4 is 11.6 Å². The van der Waals surface area contributed by atoms with Gasteiger partial charge in [0, 0.05) is 30.7 Å². The highest BCUT2D eigenvalue weighted by molar-refractivity contribution is 5.88. The molecule has 4 rings (SSSR count). The van der Waals surface area contributed by atoms with Crippen molar-refractivity contribution in [1.29, 1.82) is 0 Å². The Labute approximate surface area is 175 Å². The highest BCUT2D eigenvalue weighted by Gasteiger charge is 2.63. The van der Waals surface area contributed by atoms with E-state index in [0.717, 1.165) is 18.8 Å². The van der Waals surface area contributed by atoms with E-state index in [1.807, 2.05) is 0 Å². The van der Waals surface area contributed by atoms with E-state index >= 15 is 0 Å². The Morgan fingerprint density at radius 3 is 2.66 bits per heavy atom. The third-order valence-electron chi connectivity index (χ3n) is 9.62. The Morgan fingerprint density at radius 1 is 1.17 bits per heavy atom. The predicted octanol–water partition coefficient (Wildman–Crippen LogP) is 3.64. The van der Waals surface area contributed by atoms with Gasteiger partial charge in [0.15, 0.2) is 5.78 Å². The van der Waals surface area contributed by atoms with Crippen LogP contribution >= 0.6 is 0 Å². The van der Waals surface area contributed by atoms with E-state index in [-0.39, 0.29) is 35.0 Å². The molecule has 8 unspecified atom stereocenters. The monoisotopic (exact) mass is 401 g/mol. The van der Waals surface area contributed by atoms with Crippen LogP contribution in [-0.2, 0) is 9.59 Å². The maximum atomic E-state index is 13.6. The molecular weight excluding hydrogens is 362 g/mol. The summed E-state index contributed by atoms with van der Waals surface area (Å²) in [6.07, 6.45) is 11.6. The molecule has 4 aliphatic rings. The average Bonchev–Trinajstić information content (AvgIpc) is 2.98. The van der Waals surface area contributed by atoms with Gasteiger partial charge in [-0.05, 0) is 73.0 Å². The van der Waals surface area contributed by atoms with Crippen LogP contribution in [-0.4, -0.2) is 23.1 Å². The highest BCUT2D eigenvalue weighted by Crippen LogP contribution is 2.66. The number of Topliss-reactive ketones (excluding diaryl/α,β-unsaturated/α-hetero) is 2. The van der Waals surface area contributed by atoms with Gasteiger partial charge in [0.2, 0.25) is 0 Å². The molecule has 0 saturated heterocycles. The quantitative estimate of drug-likeness (QED) is 0.554. The first-order valence-electron chi connectivity index (χ1n) is 11.7. The lowest BCUT2D eigenvalue weighted by molar-refractivity contribution is -0.160.